The number of ether oxygens (including phenoxy) is 1. The summed E-state index contributed by atoms with van der Waals surface area (Å²) < 4.78 is 19.4. The Morgan fingerprint density at radius 2 is 1.79 bits per heavy atom. The molecule has 0 atom stereocenters. The van der Waals surface area contributed by atoms with Crippen LogP contribution >= 0.6 is 0 Å². The van der Waals surface area contributed by atoms with Crippen LogP contribution in [0.4, 0.5) is 4.39 Å². The van der Waals surface area contributed by atoms with E-state index < -0.39 is 5.82 Å². The van der Waals surface area contributed by atoms with Gasteiger partial charge in [0.05, 0.1) is 12.2 Å². The van der Waals surface area contributed by atoms with Crippen LogP contribution in [-0.2, 0) is 4.79 Å². The van der Waals surface area contributed by atoms with Crippen LogP contribution in [0, 0.1) is 12.7 Å². The molecule has 29 heavy (non-hydrogen) atoms. The predicted molar refractivity (Wildman–Crippen MR) is 109 cm³/mol. The molecule has 0 bridgehead atoms. The third-order valence-electron chi connectivity index (χ3n) is 5.09. The van der Waals surface area contributed by atoms with Gasteiger partial charge in [0.1, 0.15) is 11.6 Å². The van der Waals surface area contributed by atoms with Crippen molar-refractivity contribution in [1.82, 2.24) is 10.2 Å². The largest absolute Gasteiger partial charge is 0.494 e. The molecule has 1 heterocycles. The lowest BCUT2D eigenvalue weighted by Gasteiger charge is -2.32. The van der Waals surface area contributed by atoms with Crippen molar-refractivity contribution in [2.75, 3.05) is 19.7 Å². The highest BCUT2D eigenvalue weighted by Gasteiger charge is 2.25. The number of halogens is 1. The standard InChI is InChI=1S/C23H27FN2O3/c1-17-8-10-19(11-9-17)29-16-4-7-22(27)25-18-12-14-26(15-13-18)23(28)20-5-2-3-6-21(20)24/h2-3,5-6,8-11,18H,4,7,12-16H2,1H3,(H,25,27). The molecule has 0 aromatic heterocycles. The summed E-state index contributed by atoms with van der Waals surface area (Å²) in [6.07, 6.45) is 2.39. The van der Waals surface area contributed by atoms with Crippen LogP contribution in [0.1, 0.15) is 41.6 Å². The molecule has 154 valence electrons. The van der Waals surface area contributed by atoms with Gasteiger partial charge in [0.2, 0.25) is 5.91 Å². The van der Waals surface area contributed by atoms with Gasteiger partial charge in [0.15, 0.2) is 0 Å². The maximum Gasteiger partial charge on any atom is 0.256 e. The number of amides is 2. The Morgan fingerprint density at radius 3 is 2.48 bits per heavy atom. The SMILES string of the molecule is Cc1ccc(OCCCC(=O)NC2CCN(C(=O)c3ccccc3F)CC2)cc1. The zero-order chi connectivity index (χ0) is 20.6. The molecule has 1 aliphatic heterocycles. The van der Waals surface area contributed by atoms with E-state index in [2.05, 4.69) is 5.32 Å². The average molecular weight is 398 g/mol. The fraction of sp³-hybridized carbons (Fsp3) is 0.391. The Labute approximate surface area is 170 Å². The molecule has 5 nitrogen and oxygen atoms in total. The van der Waals surface area contributed by atoms with Gasteiger partial charge in [-0.1, -0.05) is 29.8 Å². The van der Waals surface area contributed by atoms with Crippen molar-refractivity contribution in [3.8, 4) is 5.75 Å². The summed E-state index contributed by atoms with van der Waals surface area (Å²) in [5.74, 6) is 0.0150. The molecule has 0 unspecified atom stereocenters. The third-order valence-corrected chi connectivity index (χ3v) is 5.09. The maximum atomic E-state index is 13.8. The minimum atomic E-state index is -0.499. The van der Waals surface area contributed by atoms with E-state index in [1.54, 1.807) is 17.0 Å². The van der Waals surface area contributed by atoms with Crippen molar-refractivity contribution in [2.45, 2.75) is 38.6 Å². The molecule has 2 amide bonds. The number of benzene rings is 2. The number of rotatable bonds is 7. The van der Waals surface area contributed by atoms with Gasteiger partial charge in [-0.05, 0) is 50.5 Å². The normalized spacial score (nSPS) is 14.5. The van der Waals surface area contributed by atoms with Crippen molar-refractivity contribution in [3.63, 3.8) is 0 Å². The van der Waals surface area contributed by atoms with E-state index in [9.17, 15) is 14.0 Å². The van der Waals surface area contributed by atoms with Gasteiger partial charge >= 0.3 is 0 Å². The lowest BCUT2D eigenvalue weighted by molar-refractivity contribution is -0.122. The van der Waals surface area contributed by atoms with E-state index in [4.69, 9.17) is 4.74 Å². The summed E-state index contributed by atoms with van der Waals surface area (Å²) in [6, 6.07) is 13.9. The van der Waals surface area contributed by atoms with Crippen LogP contribution in [0.25, 0.3) is 0 Å². The second kappa shape index (κ2) is 10.0. The molecular weight excluding hydrogens is 371 g/mol. The smallest absolute Gasteiger partial charge is 0.256 e. The molecule has 0 saturated carbocycles. The van der Waals surface area contributed by atoms with E-state index in [1.165, 1.54) is 17.7 Å². The first-order valence-corrected chi connectivity index (χ1v) is 10.1. The monoisotopic (exact) mass is 398 g/mol. The van der Waals surface area contributed by atoms with Crippen LogP contribution in [0.15, 0.2) is 48.5 Å². The fourth-order valence-corrected chi connectivity index (χ4v) is 3.39. The van der Waals surface area contributed by atoms with E-state index >= 15 is 0 Å². The van der Waals surface area contributed by atoms with Gasteiger partial charge in [0, 0.05) is 25.6 Å². The van der Waals surface area contributed by atoms with Gasteiger partial charge in [0.25, 0.3) is 5.91 Å². The lowest BCUT2D eigenvalue weighted by atomic mass is 10.0. The first-order valence-electron chi connectivity index (χ1n) is 10.1. The summed E-state index contributed by atoms with van der Waals surface area (Å²) in [7, 11) is 0. The minimum Gasteiger partial charge on any atom is -0.494 e. The maximum absolute atomic E-state index is 13.8. The molecule has 1 fully saturated rings. The molecule has 6 heteroatoms. The Hall–Kier alpha value is -2.89. The van der Waals surface area contributed by atoms with Crippen molar-refractivity contribution >= 4 is 11.8 Å². The molecule has 0 spiro atoms. The highest BCUT2D eigenvalue weighted by atomic mass is 19.1. The number of hydrogen-bond donors (Lipinski definition) is 1. The van der Waals surface area contributed by atoms with Gasteiger partial charge in [-0.2, -0.15) is 0 Å². The van der Waals surface area contributed by atoms with Crippen molar-refractivity contribution in [3.05, 3.63) is 65.5 Å². The molecule has 1 saturated heterocycles. The van der Waals surface area contributed by atoms with E-state index in [0.717, 1.165) is 5.75 Å². The number of piperidine rings is 1. The number of aryl methyl sites for hydroxylation is 1. The summed E-state index contributed by atoms with van der Waals surface area (Å²) in [4.78, 5) is 26.2. The van der Waals surface area contributed by atoms with Crippen molar-refractivity contribution in [1.29, 1.82) is 0 Å². The van der Waals surface area contributed by atoms with Gasteiger partial charge in [-0.3, -0.25) is 9.59 Å². The summed E-state index contributed by atoms with van der Waals surface area (Å²) >= 11 is 0. The number of nitrogens with zero attached hydrogens (tertiary/aromatic N) is 1. The number of hydrogen-bond acceptors (Lipinski definition) is 3. The zero-order valence-electron chi connectivity index (χ0n) is 16.7. The molecule has 0 radical (unpaired) electrons. The van der Waals surface area contributed by atoms with E-state index in [1.807, 2.05) is 31.2 Å². The van der Waals surface area contributed by atoms with Crippen molar-refractivity contribution < 1.29 is 18.7 Å². The second-order valence-electron chi connectivity index (χ2n) is 7.38. The van der Waals surface area contributed by atoms with Crippen LogP contribution in [0.2, 0.25) is 0 Å². The molecule has 1 N–H and O–H groups in total. The molecule has 0 aliphatic carbocycles. The molecule has 2 aromatic rings. The third kappa shape index (κ3) is 6.04. The Balaban J connectivity index is 1.34. The lowest BCUT2D eigenvalue weighted by Crippen LogP contribution is -2.46. The first-order chi connectivity index (χ1) is 14.0. The first kappa shape index (κ1) is 20.8. The van der Waals surface area contributed by atoms with Crippen LogP contribution in [0.5, 0.6) is 5.75 Å². The highest BCUT2D eigenvalue weighted by Crippen LogP contribution is 2.16. The average Bonchev–Trinajstić information content (AvgIpc) is 2.73. The molecular formula is C23H27FN2O3. The highest BCUT2D eigenvalue weighted by molar-refractivity contribution is 5.94. The molecule has 2 aromatic carbocycles. The topological polar surface area (TPSA) is 58.6 Å². The number of nitrogens with one attached hydrogen (secondary N) is 1. The summed E-state index contributed by atoms with van der Waals surface area (Å²) in [5, 5.41) is 3.03. The van der Waals surface area contributed by atoms with Crippen molar-refractivity contribution in [2.24, 2.45) is 0 Å². The summed E-state index contributed by atoms with van der Waals surface area (Å²) in [6.45, 7) is 3.53. The minimum absolute atomic E-state index is 0.00335. The fourth-order valence-electron chi connectivity index (χ4n) is 3.39. The molecule has 3 rings (SSSR count). The Morgan fingerprint density at radius 1 is 1.10 bits per heavy atom. The quantitative estimate of drug-likeness (QED) is 0.724. The Bertz CT molecular complexity index is 830. The second-order valence-corrected chi connectivity index (χ2v) is 7.38. The van der Waals surface area contributed by atoms with Crippen LogP contribution < -0.4 is 10.1 Å². The number of carbonyl (C=O) groups is 2. The van der Waals surface area contributed by atoms with Crippen LogP contribution in [-0.4, -0.2) is 42.5 Å². The van der Waals surface area contributed by atoms with Gasteiger partial charge in [-0.25, -0.2) is 4.39 Å². The van der Waals surface area contributed by atoms with Crippen LogP contribution in [0.3, 0.4) is 0 Å². The summed E-state index contributed by atoms with van der Waals surface area (Å²) in [5.41, 5.74) is 1.28. The predicted octanol–water partition coefficient (Wildman–Crippen LogP) is 3.71. The van der Waals surface area contributed by atoms with E-state index in [0.29, 0.717) is 45.4 Å². The van der Waals surface area contributed by atoms with E-state index in [-0.39, 0.29) is 23.4 Å². The van der Waals surface area contributed by atoms with Gasteiger partial charge in [-0.15, -0.1) is 0 Å². The van der Waals surface area contributed by atoms with Gasteiger partial charge < -0.3 is 15.0 Å². The number of carbonyl (C=O) groups excluding carboxylic acids is 2. The number of likely N-dealkylation sites (tertiary alicyclic amines) is 1. The molecule has 1 aliphatic rings. The zero-order valence-corrected chi connectivity index (χ0v) is 16.7. The Kier molecular flexibility index (Phi) is 7.22.